The average Bonchev–Trinajstić information content (AvgIpc) is 2.48. The van der Waals surface area contributed by atoms with Crippen molar-refractivity contribution < 1.29 is 14.3 Å². The van der Waals surface area contributed by atoms with Gasteiger partial charge in [-0.3, -0.25) is 0 Å². The van der Waals surface area contributed by atoms with Gasteiger partial charge < -0.3 is 9.47 Å². The first-order valence-corrected chi connectivity index (χ1v) is 7.12. The maximum atomic E-state index is 11.7. The number of benzene rings is 2. The molecule has 0 aromatic heterocycles. The molecule has 0 atom stereocenters. The summed E-state index contributed by atoms with van der Waals surface area (Å²) in [7, 11) is 0. The Bertz CT molecular complexity index is 606. The van der Waals surface area contributed by atoms with Gasteiger partial charge in [-0.15, -0.1) is 0 Å². The lowest BCUT2D eigenvalue weighted by atomic mass is 10.0. The maximum Gasteiger partial charge on any atom is 0.349 e. The summed E-state index contributed by atoms with van der Waals surface area (Å²) in [5.74, 6) is 0.943. The van der Waals surface area contributed by atoms with Gasteiger partial charge in [-0.25, -0.2) is 4.79 Å². The van der Waals surface area contributed by atoms with Crippen LogP contribution in [-0.2, 0) is 4.79 Å². The van der Waals surface area contributed by atoms with Crippen molar-refractivity contribution in [2.45, 2.75) is 19.8 Å². The summed E-state index contributed by atoms with van der Waals surface area (Å²) < 4.78 is 10.5. The molecule has 2 aromatic rings. The van der Waals surface area contributed by atoms with Crippen LogP contribution in [0.15, 0.2) is 48.5 Å². The Morgan fingerprint density at radius 2 is 1.76 bits per heavy atom. The number of rotatable bonds is 5. The van der Waals surface area contributed by atoms with Gasteiger partial charge in [0.1, 0.15) is 11.5 Å². The lowest BCUT2D eigenvalue weighted by Gasteiger charge is -2.09. The monoisotopic (exact) mass is 304 g/mol. The molecule has 2 aromatic carbocycles. The Hall–Kier alpha value is -2.00. The molecule has 0 saturated carbocycles. The van der Waals surface area contributed by atoms with E-state index in [-0.39, 0.29) is 6.61 Å². The lowest BCUT2D eigenvalue weighted by molar-refractivity contribution is -0.136. The van der Waals surface area contributed by atoms with Gasteiger partial charge in [0.25, 0.3) is 0 Å². The third kappa shape index (κ3) is 4.50. The highest BCUT2D eigenvalue weighted by Gasteiger charge is 2.09. The van der Waals surface area contributed by atoms with E-state index in [1.54, 1.807) is 24.3 Å². The van der Waals surface area contributed by atoms with Crippen LogP contribution in [0.25, 0.3) is 0 Å². The molecule has 0 amide bonds. The number of hydrogen-bond acceptors (Lipinski definition) is 3. The van der Waals surface area contributed by atoms with E-state index in [0.717, 1.165) is 0 Å². The second-order valence-electron chi connectivity index (χ2n) is 4.92. The largest absolute Gasteiger partial charge is 0.482 e. The average molecular weight is 305 g/mol. The molecular weight excluding hydrogens is 288 g/mol. The molecular formula is C17H17ClO3. The Morgan fingerprint density at radius 3 is 2.38 bits per heavy atom. The highest BCUT2D eigenvalue weighted by atomic mass is 35.5. The fourth-order valence-electron chi connectivity index (χ4n) is 1.77. The van der Waals surface area contributed by atoms with Crippen LogP contribution in [0.4, 0.5) is 0 Å². The molecule has 0 fully saturated rings. The molecule has 4 heteroatoms. The van der Waals surface area contributed by atoms with Crippen LogP contribution in [-0.4, -0.2) is 12.6 Å². The first-order valence-electron chi connectivity index (χ1n) is 6.74. The van der Waals surface area contributed by atoms with Gasteiger partial charge in [-0.05, 0) is 35.7 Å². The van der Waals surface area contributed by atoms with Gasteiger partial charge in [0, 0.05) is 0 Å². The summed E-state index contributed by atoms with van der Waals surface area (Å²) in [5, 5.41) is 0.395. The molecule has 0 heterocycles. The fraction of sp³-hybridized carbons (Fsp3) is 0.235. The SMILES string of the molecule is CC(C)c1ccc(OCC(=O)Oc2ccccc2Cl)cc1. The Morgan fingerprint density at radius 1 is 1.10 bits per heavy atom. The third-order valence-electron chi connectivity index (χ3n) is 2.96. The highest BCUT2D eigenvalue weighted by molar-refractivity contribution is 6.32. The molecule has 0 aliphatic heterocycles. The quantitative estimate of drug-likeness (QED) is 0.605. The van der Waals surface area contributed by atoms with Crippen molar-refractivity contribution in [3.05, 3.63) is 59.1 Å². The van der Waals surface area contributed by atoms with E-state index in [2.05, 4.69) is 13.8 Å². The summed E-state index contributed by atoms with van der Waals surface area (Å²) >= 11 is 5.91. The van der Waals surface area contributed by atoms with Crippen molar-refractivity contribution in [1.82, 2.24) is 0 Å². The summed E-state index contributed by atoms with van der Waals surface area (Å²) in [6, 6.07) is 14.5. The topological polar surface area (TPSA) is 35.5 Å². The van der Waals surface area contributed by atoms with Crippen LogP contribution in [0.2, 0.25) is 5.02 Å². The van der Waals surface area contributed by atoms with E-state index in [4.69, 9.17) is 21.1 Å². The molecule has 0 unspecified atom stereocenters. The van der Waals surface area contributed by atoms with Gasteiger partial charge in [0.2, 0.25) is 0 Å². The summed E-state index contributed by atoms with van der Waals surface area (Å²) in [6.07, 6.45) is 0. The number of carbonyl (C=O) groups excluding carboxylic acids is 1. The highest BCUT2D eigenvalue weighted by Crippen LogP contribution is 2.23. The molecule has 0 bridgehead atoms. The second-order valence-corrected chi connectivity index (χ2v) is 5.32. The van der Waals surface area contributed by atoms with Crippen molar-refractivity contribution >= 4 is 17.6 Å². The van der Waals surface area contributed by atoms with Crippen LogP contribution in [0, 0.1) is 0 Å². The van der Waals surface area contributed by atoms with Crippen LogP contribution < -0.4 is 9.47 Å². The minimum Gasteiger partial charge on any atom is -0.482 e. The first kappa shape index (κ1) is 15.4. The van der Waals surface area contributed by atoms with Crippen molar-refractivity contribution in [3.8, 4) is 11.5 Å². The van der Waals surface area contributed by atoms with Gasteiger partial charge >= 0.3 is 5.97 Å². The summed E-state index contributed by atoms with van der Waals surface area (Å²) in [5.41, 5.74) is 1.22. The molecule has 0 radical (unpaired) electrons. The predicted molar refractivity (Wildman–Crippen MR) is 83.1 cm³/mol. The van der Waals surface area contributed by atoms with Gasteiger partial charge in [-0.1, -0.05) is 49.7 Å². The summed E-state index contributed by atoms with van der Waals surface area (Å²) in [6.45, 7) is 4.08. The van der Waals surface area contributed by atoms with Crippen LogP contribution in [0.1, 0.15) is 25.3 Å². The van der Waals surface area contributed by atoms with Gasteiger partial charge in [0.15, 0.2) is 6.61 Å². The van der Waals surface area contributed by atoms with Crippen LogP contribution in [0.3, 0.4) is 0 Å². The third-order valence-corrected chi connectivity index (χ3v) is 3.28. The molecule has 0 spiro atoms. The van der Waals surface area contributed by atoms with E-state index in [1.807, 2.05) is 24.3 Å². The lowest BCUT2D eigenvalue weighted by Crippen LogP contribution is -2.17. The molecule has 0 N–H and O–H groups in total. The molecule has 0 aliphatic carbocycles. The van der Waals surface area contributed by atoms with Crippen molar-refractivity contribution in [1.29, 1.82) is 0 Å². The van der Waals surface area contributed by atoms with Crippen molar-refractivity contribution in [3.63, 3.8) is 0 Å². The minimum atomic E-state index is -0.490. The predicted octanol–water partition coefficient (Wildman–Crippen LogP) is 4.45. The smallest absolute Gasteiger partial charge is 0.349 e. The zero-order valence-electron chi connectivity index (χ0n) is 12.0. The minimum absolute atomic E-state index is 0.160. The van der Waals surface area contributed by atoms with E-state index in [0.29, 0.717) is 22.4 Å². The number of para-hydroxylation sites is 1. The normalized spacial score (nSPS) is 10.5. The van der Waals surface area contributed by atoms with Crippen molar-refractivity contribution in [2.24, 2.45) is 0 Å². The second kappa shape index (κ2) is 7.14. The van der Waals surface area contributed by atoms with E-state index in [9.17, 15) is 4.79 Å². The molecule has 21 heavy (non-hydrogen) atoms. The maximum absolute atomic E-state index is 11.7. The van der Waals surface area contributed by atoms with Gasteiger partial charge in [0.05, 0.1) is 5.02 Å². The van der Waals surface area contributed by atoms with Crippen LogP contribution in [0.5, 0.6) is 11.5 Å². The standard InChI is InChI=1S/C17H17ClO3/c1-12(2)13-7-9-14(10-8-13)20-11-17(19)21-16-6-4-3-5-15(16)18/h3-10,12H,11H2,1-2H3. The first-order chi connectivity index (χ1) is 10.1. The molecule has 0 aliphatic rings. The van der Waals surface area contributed by atoms with Gasteiger partial charge in [-0.2, -0.15) is 0 Å². The van der Waals surface area contributed by atoms with E-state index >= 15 is 0 Å². The summed E-state index contributed by atoms with van der Waals surface area (Å²) in [4.78, 5) is 11.7. The molecule has 0 saturated heterocycles. The molecule has 3 nitrogen and oxygen atoms in total. The van der Waals surface area contributed by atoms with Crippen molar-refractivity contribution in [2.75, 3.05) is 6.61 Å². The molecule has 110 valence electrons. The van der Waals surface area contributed by atoms with Crippen LogP contribution >= 0.6 is 11.6 Å². The fourth-order valence-corrected chi connectivity index (χ4v) is 1.95. The Balaban J connectivity index is 1.88. The van der Waals surface area contributed by atoms with E-state index < -0.39 is 5.97 Å². The van der Waals surface area contributed by atoms with E-state index in [1.165, 1.54) is 5.56 Å². The number of halogens is 1. The number of hydrogen-bond donors (Lipinski definition) is 0. The number of ether oxygens (including phenoxy) is 2. The molecule has 2 rings (SSSR count). The zero-order chi connectivity index (χ0) is 15.2. The zero-order valence-corrected chi connectivity index (χ0v) is 12.8. The number of esters is 1. The Kier molecular flexibility index (Phi) is 5.23. The Labute approximate surface area is 129 Å². The number of carbonyl (C=O) groups is 1.